The van der Waals surface area contributed by atoms with Crippen molar-refractivity contribution in [3.63, 3.8) is 0 Å². The van der Waals surface area contributed by atoms with Crippen molar-refractivity contribution in [2.45, 2.75) is 32.2 Å². The number of rotatable bonds is 4. The molecule has 98 valence electrons. The second-order valence-corrected chi connectivity index (χ2v) is 5.05. The lowest BCUT2D eigenvalue weighted by molar-refractivity contribution is 0.205. The van der Waals surface area contributed by atoms with Gasteiger partial charge in [-0.2, -0.15) is 0 Å². The van der Waals surface area contributed by atoms with Gasteiger partial charge in [-0.25, -0.2) is 4.79 Å². The Labute approximate surface area is 108 Å². The first-order valence-corrected chi connectivity index (χ1v) is 6.63. The molecule has 4 heteroatoms. The number of pyridine rings is 1. The molecule has 0 spiro atoms. The minimum atomic E-state index is 0.00533. The first-order chi connectivity index (χ1) is 8.75. The zero-order valence-electron chi connectivity index (χ0n) is 10.9. The van der Waals surface area contributed by atoms with Crippen LogP contribution in [0.2, 0.25) is 0 Å². The Bertz CT molecular complexity index is 374. The number of urea groups is 1. The van der Waals surface area contributed by atoms with E-state index in [-0.39, 0.29) is 6.03 Å². The lowest BCUT2D eigenvalue weighted by Gasteiger charge is -2.19. The molecule has 0 unspecified atom stereocenters. The van der Waals surface area contributed by atoms with Crippen LogP contribution >= 0.6 is 0 Å². The molecule has 1 aliphatic rings. The average Bonchev–Trinajstić information content (AvgIpc) is 2.90. The Morgan fingerprint density at radius 2 is 2.28 bits per heavy atom. The van der Waals surface area contributed by atoms with Gasteiger partial charge in [-0.3, -0.25) is 4.98 Å². The number of hydrogen-bond acceptors (Lipinski definition) is 2. The molecule has 1 N–H and O–H groups in total. The molecule has 18 heavy (non-hydrogen) atoms. The molecule has 1 fully saturated rings. The summed E-state index contributed by atoms with van der Waals surface area (Å²) in [5.74, 6) is 0.681. The molecule has 1 saturated carbocycles. The van der Waals surface area contributed by atoms with Crippen molar-refractivity contribution in [2.75, 3.05) is 13.6 Å². The van der Waals surface area contributed by atoms with Crippen LogP contribution in [-0.2, 0) is 6.54 Å². The molecule has 1 heterocycles. The summed E-state index contributed by atoms with van der Waals surface area (Å²) in [5, 5.41) is 3.01. The van der Waals surface area contributed by atoms with Crippen LogP contribution in [0.1, 0.15) is 31.2 Å². The molecule has 0 radical (unpaired) electrons. The van der Waals surface area contributed by atoms with Crippen LogP contribution in [-0.4, -0.2) is 29.5 Å². The van der Waals surface area contributed by atoms with E-state index in [2.05, 4.69) is 10.3 Å². The van der Waals surface area contributed by atoms with Crippen LogP contribution in [0, 0.1) is 5.92 Å². The SMILES string of the molecule is CN(Cc1cccnc1)C(=O)NCC1CCCC1. The maximum absolute atomic E-state index is 11.9. The molecular formula is C14H21N3O. The quantitative estimate of drug-likeness (QED) is 0.888. The van der Waals surface area contributed by atoms with Crippen molar-refractivity contribution in [1.82, 2.24) is 15.2 Å². The van der Waals surface area contributed by atoms with E-state index in [0.29, 0.717) is 12.5 Å². The Hall–Kier alpha value is -1.58. The fourth-order valence-electron chi connectivity index (χ4n) is 2.42. The highest BCUT2D eigenvalue weighted by Crippen LogP contribution is 2.23. The van der Waals surface area contributed by atoms with Gasteiger partial charge in [0.25, 0.3) is 0 Å². The first-order valence-electron chi connectivity index (χ1n) is 6.63. The predicted octanol–water partition coefficient (Wildman–Crippen LogP) is 2.41. The molecule has 0 atom stereocenters. The molecule has 2 rings (SSSR count). The van der Waals surface area contributed by atoms with Gasteiger partial charge in [-0.1, -0.05) is 18.9 Å². The summed E-state index contributed by atoms with van der Waals surface area (Å²) < 4.78 is 0. The third-order valence-electron chi connectivity index (χ3n) is 3.51. The van der Waals surface area contributed by atoms with Gasteiger partial charge in [0.15, 0.2) is 0 Å². The molecule has 0 aromatic carbocycles. The van der Waals surface area contributed by atoms with E-state index in [1.165, 1.54) is 25.7 Å². The Morgan fingerprint density at radius 1 is 1.50 bits per heavy atom. The van der Waals surface area contributed by atoms with Gasteiger partial charge >= 0.3 is 6.03 Å². The van der Waals surface area contributed by atoms with Gasteiger partial charge in [0.2, 0.25) is 0 Å². The molecule has 4 nitrogen and oxygen atoms in total. The van der Waals surface area contributed by atoms with E-state index < -0.39 is 0 Å². The van der Waals surface area contributed by atoms with Crippen molar-refractivity contribution >= 4 is 6.03 Å². The summed E-state index contributed by atoms with van der Waals surface area (Å²) in [6.45, 7) is 1.42. The molecule has 0 aliphatic heterocycles. The van der Waals surface area contributed by atoms with Gasteiger partial charge in [0.1, 0.15) is 0 Å². The fourth-order valence-corrected chi connectivity index (χ4v) is 2.42. The summed E-state index contributed by atoms with van der Waals surface area (Å²) in [4.78, 5) is 17.6. The summed E-state index contributed by atoms with van der Waals surface area (Å²) >= 11 is 0. The summed E-state index contributed by atoms with van der Waals surface area (Å²) in [6, 6.07) is 3.87. The lowest BCUT2D eigenvalue weighted by Crippen LogP contribution is -2.38. The van der Waals surface area contributed by atoms with Crippen molar-refractivity contribution < 1.29 is 4.79 Å². The maximum atomic E-state index is 11.9. The molecule has 2 amide bonds. The number of carbonyl (C=O) groups is 1. The van der Waals surface area contributed by atoms with Crippen LogP contribution in [0.5, 0.6) is 0 Å². The van der Waals surface area contributed by atoms with Crippen LogP contribution in [0.3, 0.4) is 0 Å². The zero-order valence-corrected chi connectivity index (χ0v) is 10.9. The molecular weight excluding hydrogens is 226 g/mol. The number of aromatic nitrogens is 1. The number of amides is 2. The molecule has 1 aromatic rings. The van der Waals surface area contributed by atoms with Crippen molar-refractivity contribution in [3.8, 4) is 0 Å². The van der Waals surface area contributed by atoms with Crippen LogP contribution in [0.15, 0.2) is 24.5 Å². The van der Waals surface area contributed by atoms with Gasteiger partial charge < -0.3 is 10.2 Å². The molecule has 0 bridgehead atoms. The van der Waals surface area contributed by atoms with Crippen LogP contribution in [0.25, 0.3) is 0 Å². The molecule has 1 aliphatic carbocycles. The summed E-state index contributed by atoms with van der Waals surface area (Å²) in [7, 11) is 1.82. The molecule has 0 saturated heterocycles. The van der Waals surface area contributed by atoms with Gasteiger partial charge in [-0.05, 0) is 30.4 Å². The van der Waals surface area contributed by atoms with E-state index >= 15 is 0 Å². The van der Waals surface area contributed by atoms with E-state index in [1.807, 2.05) is 19.2 Å². The molecule has 1 aromatic heterocycles. The minimum Gasteiger partial charge on any atom is -0.338 e. The van der Waals surface area contributed by atoms with E-state index in [9.17, 15) is 4.79 Å². The van der Waals surface area contributed by atoms with Crippen molar-refractivity contribution in [2.24, 2.45) is 5.92 Å². The Kier molecular flexibility index (Phi) is 4.56. The summed E-state index contributed by atoms with van der Waals surface area (Å²) in [5.41, 5.74) is 1.05. The van der Waals surface area contributed by atoms with Crippen molar-refractivity contribution in [3.05, 3.63) is 30.1 Å². The van der Waals surface area contributed by atoms with Gasteiger partial charge in [-0.15, -0.1) is 0 Å². The lowest BCUT2D eigenvalue weighted by atomic mass is 10.1. The third kappa shape index (κ3) is 3.72. The van der Waals surface area contributed by atoms with Gasteiger partial charge in [0.05, 0.1) is 0 Å². The summed E-state index contributed by atoms with van der Waals surface area (Å²) in [6.07, 6.45) is 8.67. The van der Waals surface area contributed by atoms with Crippen LogP contribution in [0.4, 0.5) is 4.79 Å². The second kappa shape index (κ2) is 6.38. The Morgan fingerprint density at radius 3 is 2.94 bits per heavy atom. The smallest absolute Gasteiger partial charge is 0.317 e. The zero-order chi connectivity index (χ0) is 12.8. The van der Waals surface area contributed by atoms with E-state index in [4.69, 9.17) is 0 Å². The number of carbonyl (C=O) groups excluding carboxylic acids is 1. The highest BCUT2D eigenvalue weighted by Gasteiger charge is 2.16. The van der Waals surface area contributed by atoms with Crippen molar-refractivity contribution in [1.29, 1.82) is 0 Å². The van der Waals surface area contributed by atoms with Crippen LogP contribution < -0.4 is 5.32 Å². The maximum Gasteiger partial charge on any atom is 0.317 e. The highest BCUT2D eigenvalue weighted by atomic mass is 16.2. The monoisotopic (exact) mass is 247 g/mol. The number of hydrogen-bond donors (Lipinski definition) is 1. The second-order valence-electron chi connectivity index (χ2n) is 5.05. The largest absolute Gasteiger partial charge is 0.338 e. The normalized spacial score (nSPS) is 15.6. The Balaban J connectivity index is 1.74. The average molecular weight is 247 g/mol. The van der Waals surface area contributed by atoms with Gasteiger partial charge in [0, 0.05) is 32.5 Å². The fraction of sp³-hybridized carbons (Fsp3) is 0.571. The third-order valence-corrected chi connectivity index (χ3v) is 3.51. The highest BCUT2D eigenvalue weighted by molar-refractivity contribution is 5.73. The topological polar surface area (TPSA) is 45.2 Å². The number of nitrogens with one attached hydrogen (secondary N) is 1. The first kappa shape index (κ1) is 12.9. The predicted molar refractivity (Wildman–Crippen MR) is 71.1 cm³/mol. The standard InChI is InChI=1S/C14H21N3O/c1-17(11-13-7-4-8-15-9-13)14(18)16-10-12-5-2-3-6-12/h4,7-9,12H,2-3,5-6,10-11H2,1H3,(H,16,18). The number of nitrogens with zero attached hydrogens (tertiary/aromatic N) is 2. The van der Waals surface area contributed by atoms with E-state index in [1.54, 1.807) is 17.3 Å². The minimum absolute atomic E-state index is 0.00533. The van der Waals surface area contributed by atoms with E-state index in [0.717, 1.165) is 12.1 Å².